The fraction of sp³-hybridized carbons (Fsp3) is 0.214. The Bertz CT molecular complexity index is 549. The first kappa shape index (κ1) is 12.9. The van der Waals surface area contributed by atoms with Crippen molar-refractivity contribution in [3.63, 3.8) is 0 Å². The molecule has 1 aromatic heterocycles. The molecule has 0 saturated carbocycles. The molecule has 1 aromatic carbocycles. The van der Waals surface area contributed by atoms with Gasteiger partial charge >= 0.3 is 0 Å². The maximum atomic E-state index is 12.1. The van der Waals surface area contributed by atoms with Crippen molar-refractivity contribution in [2.45, 2.75) is 19.9 Å². The second-order valence-electron chi connectivity index (χ2n) is 4.17. The predicted molar refractivity (Wildman–Crippen MR) is 73.5 cm³/mol. The van der Waals surface area contributed by atoms with Crippen LogP contribution in [0.15, 0.2) is 45.5 Å². The minimum atomic E-state index is -0.147. The largest absolute Gasteiger partial charge is 0.467 e. The van der Waals surface area contributed by atoms with Gasteiger partial charge in [0.05, 0.1) is 12.3 Å². The summed E-state index contributed by atoms with van der Waals surface area (Å²) in [5.74, 6) is 0.647. The van der Waals surface area contributed by atoms with Gasteiger partial charge in [-0.05, 0) is 43.7 Å². The van der Waals surface area contributed by atoms with Gasteiger partial charge in [0.2, 0.25) is 0 Å². The van der Waals surface area contributed by atoms with Crippen LogP contribution in [0.1, 0.15) is 34.6 Å². The highest BCUT2D eigenvalue weighted by molar-refractivity contribution is 9.10. The number of benzene rings is 1. The van der Waals surface area contributed by atoms with Crippen molar-refractivity contribution in [3.8, 4) is 0 Å². The zero-order valence-electron chi connectivity index (χ0n) is 10.2. The van der Waals surface area contributed by atoms with Crippen LogP contribution in [-0.4, -0.2) is 5.91 Å². The van der Waals surface area contributed by atoms with E-state index in [9.17, 15) is 4.79 Å². The maximum Gasteiger partial charge on any atom is 0.252 e. The third-order valence-corrected chi connectivity index (χ3v) is 3.26. The smallest absolute Gasteiger partial charge is 0.252 e. The summed E-state index contributed by atoms with van der Waals surface area (Å²) < 4.78 is 6.15. The summed E-state index contributed by atoms with van der Waals surface area (Å²) in [5.41, 5.74) is 1.62. The topological polar surface area (TPSA) is 42.2 Å². The molecule has 0 saturated heterocycles. The Balaban J connectivity index is 2.15. The maximum absolute atomic E-state index is 12.1. The lowest BCUT2D eigenvalue weighted by Gasteiger charge is -2.13. The van der Waals surface area contributed by atoms with Crippen LogP contribution >= 0.6 is 15.9 Å². The Kier molecular flexibility index (Phi) is 3.87. The van der Waals surface area contributed by atoms with E-state index >= 15 is 0 Å². The molecule has 0 fully saturated rings. The van der Waals surface area contributed by atoms with Crippen molar-refractivity contribution < 1.29 is 9.21 Å². The number of furan rings is 1. The second-order valence-corrected chi connectivity index (χ2v) is 5.09. The molecule has 0 bridgehead atoms. The first-order valence-electron chi connectivity index (χ1n) is 5.68. The molecular weight excluding hydrogens is 294 g/mol. The van der Waals surface area contributed by atoms with Gasteiger partial charge in [-0.3, -0.25) is 4.79 Å². The van der Waals surface area contributed by atoms with E-state index in [0.717, 1.165) is 15.8 Å². The zero-order valence-corrected chi connectivity index (χ0v) is 11.8. The summed E-state index contributed by atoms with van der Waals surface area (Å²) >= 11 is 3.37. The van der Waals surface area contributed by atoms with E-state index in [1.807, 2.05) is 44.2 Å². The van der Waals surface area contributed by atoms with Gasteiger partial charge in [-0.25, -0.2) is 0 Å². The summed E-state index contributed by atoms with van der Waals surface area (Å²) in [5, 5.41) is 2.91. The molecule has 0 radical (unpaired) electrons. The summed E-state index contributed by atoms with van der Waals surface area (Å²) in [6.07, 6.45) is 1.60. The van der Waals surface area contributed by atoms with Gasteiger partial charge in [-0.15, -0.1) is 0 Å². The third kappa shape index (κ3) is 2.82. The number of amides is 1. The van der Waals surface area contributed by atoms with Gasteiger partial charge in [0, 0.05) is 10.0 Å². The first-order valence-corrected chi connectivity index (χ1v) is 6.47. The average Bonchev–Trinajstić information content (AvgIpc) is 2.85. The van der Waals surface area contributed by atoms with E-state index in [-0.39, 0.29) is 11.9 Å². The van der Waals surface area contributed by atoms with Gasteiger partial charge < -0.3 is 9.73 Å². The SMILES string of the molecule is Cc1ccc(Br)cc1C(=O)NC(C)c1ccco1. The Morgan fingerprint density at radius 3 is 2.83 bits per heavy atom. The van der Waals surface area contributed by atoms with E-state index in [4.69, 9.17) is 4.42 Å². The molecule has 2 rings (SSSR count). The molecule has 94 valence electrons. The number of hydrogen-bond acceptors (Lipinski definition) is 2. The van der Waals surface area contributed by atoms with Crippen LogP contribution in [0.4, 0.5) is 0 Å². The lowest BCUT2D eigenvalue weighted by Crippen LogP contribution is -2.27. The van der Waals surface area contributed by atoms with Gasteiger partial charge in [0.1, 0.15) is 5.76 Å². The van der Waals surface area contributed by atoms with Crippen molar-refractivity contribution in [1.82, 2.24) is 5.32 Å². The van der Waals surface area contributed by atoms with E-state index in [0.29, 0.717) is 5.56 Å². The van der Waals surface area contributed by atoms with Gasteiger partial charge in [0.15, 0.2) is 0 Å². The van der Waals surface area contributed by atoms with Crippen LogP contribution in [0.25, 0.3) is 0 Å². The molecule has 0 aliphatic heterocycles. The summed E-state index contributed by atoms with van der Waals surface area (Å²) in [6, 6.07) is 9.16. The Labute approximate surface area is 114 Å². The Morgan fingerprint density at radius 2 is 2.17 bits per heavy atom. The molecule has 0 aliphatic rings. The normalized spacial score (nSPS) is 12.2. The van der Waals surface area contributed by atoms with Crippen LogP contribution in [0, 0.1) is 6.92 Å². The first-order chi connectivity index (χ1) is 8.58. The van der Waals surface area contributed by atoms with Crippen LogP contribution in [0.3, 0.4) is 0 Å². The highest BCUT2D eigenvalue weighted by Gasteiger charge is 2.15. The van der Waals surface area contributed by atoms with Crippen LogP contribution in [0.2, 0.25) is 0 Å². The minimum Gasteiger partial charge on any atom is -0.467 e. The predicted octanol–water partition coefficient (Wildman–Crippen LogP) is 3.84. The number of carbonyl (C=O) groups is 1. The Morgan fingerprint density at radius 1 is 1.39 bits per heavy atom. The molecule has 4 heteroatoms. The molecule has 1 unspecified atom stereocenters. The highest BCUT2D eigenvalue weighted by Crippen LogP contribution is 2.18. The fourth-order valence-corrected chi connectivity index (χ4v) is 2.08. The molecule has 1 atom stereocenters. The van der Waals surface area contributed by atoms with E-state index in [2.05, 4.69) is 21.2 Å². The number of nitrogens with one attached hydrogen (secondary N) is 1. The van der Waals surface area contributed by atoms with Gasteiger partial charge in [0.25, 0.3) is 5.91 Å². The third-order valence-electron chi connectivity index (χ3n) is 2.76. The van der Waals surface area contributed by atoms with Crippen LogP contribution < -0.4 is 5.32 Å². The van der Waals surface area contributed by atoms with Gasteiger partial charge in [-0.1, -0.05) is 22.0 Å². The average molecular weight is 308 g/mol. The molecule has 0 spiro atoms. The fourth-order valence-electron chi connectivity index (χ4n) is 1.72. The van der Waals surface area contributed by atoms with Crippen molar-refractivity contribution in [3.05, 3.63) is 58.0 Å². The lowest BCUT2D eigenvalue weighted by atomic mass is 10.1. The van der Waals surface area contributed by atoms with Gasteiger partial charge in [-0.2, -0.15) is 0 Å². The standard InChI is InChI=1S/C14H14BrNO2/c1-9-5-6-11(15)8-12(9)14(17)16-10(2)13-4-3-7-18-13/h3-8,10H,1-2H3,(H,16,17). The summed E-state index contributed by atoms with van der Waals surface area (Å²) in [7, 11) is 0. The second kappa shape index (κ2) is 5.40. The van der Waals surface area contributed by atoms with E-state index in [1.165, 1.54) is 0 Å². The number of hydrogen-bond donors (Lipinski definition) is 1. The number of rotatable bonds is 3. The Hall–Kier alpha value is -1.55. The molecular formula is C14H14BrNO2. The summed E-state index contributed by atoms with van der Waals surface area (Å²) in [6.45, 7) is 3.81. The van der Waals surface area contributed by atoms with Crippen LogP contribution in [0.5, 0.6) is 0 Å². The number of carbonyl (C=O) groups excluding carboxylic acids is 1. The quantitative estimate of drug-likeness (QED) is 0.936. The molecule has 2 aromatic rings. The van der Waals surface area contributed by atoms with E-state index < -0.39 is 0 Å². The monoisotopic (exact) mass is 307 g/mol. The number of aryl methyl sites for hydroxylation is 1. The number of halogens is 1. The molecule has 1 N–H and O–H groups in total. The molecule has 0 aliphatic carbocycles. The van der Waals surface area contributed by atoms with E-state index in [1.54, 1.807) is 6.26 Å². The zero-order chi connectivity index (χ0) is 13.1. The van der Waals surface area contributed by atoms with Crippen molar-refractivity contribution >= 4 is 21.8 Å². The van der Waals surface area contributed by atoms with Crippen molar-refractivity contribution in [2.75, 3.05) is 0 Å². The summed E-state index contributed by atoms with van der Waals surface area (Å²) in [4.78, 5) is 12.1. The van der Waals surface area contributed by atoms with Crippen molar-refractivity contribution in [1.29, 1.82) is 0 Å². The van der Waals surface area contributed by atoms with Crippen molar-refractivity contribution in [2.24, 2.45) is 0 Å². The molecule has 18 heavy (non-hydrogen) atoms. The minimum absolute atomic E-state index is 0.0994. The molecule has 1 heterocycles. The highest BCUT2D eigenvalue weighted by atomic mass is 79.9. The molecule has 3 nitrogen and oxygen atoms in total. The lowest BCUT2D eigenvalue weighted by molar-refractivity contribution is 0.0934. The molecule has 1 amide bonds. The van der Waals surface area contributed by atoms with Crippen LogP contribution in [-0.2, 0) is 0 Å².